The highest BCUT2D eigenvalue weighted by atomic mass is 16.5. The number of rotatable bonds is 8. The molecule has 0 heterocycles. The third-order valence-electron chi connectivity index (χ3n) is 4.88. The lowest BCUT2D eigenvalue weighted by atomic mass is 10.1. The van der Waals surface area contributed by atoms with Crippen molar-refractivity contribution in [2.45, 2.75) is 0 Å². The zero-order valence-corrected chi connectivity index (χ0v) is 19.6. The number of urea groups is 1. The van der Waals surface area contributed by atoms with Gasteiger partial charge in [0.1, 0.15) is 5.75 Å². The highest BCUT2D eigenvalue weighted by molar-refractivity contribution is 6.09. The van der Waals surface area contributed by atoms with Crippen molar-refractivity contribution in [3.05, 3.63) is 71.8 Å². The van der Waals surface area contributed by atoms with E-state index in [1.807, 2.05) is 0 Å². The van der Waals surface area contributed by atoms with Gasteiger partial charge in [-0.2, -0.15) is 0 Å². The van der Waals surface area contributed by atoms with Gasteiger partial charge in [-0.05, 0) is 54.6 Å². The summed E-state index contributed by atoms with van der Waals surface area (Å²) in [5.74, 6) is 0.511. The van der Waals surface area contributed by atoms with Crippen molar-refractivity contribution < 1.29 is 33.3 Å². The normalized spacial score (nSPS) is 10.1. The van der Waals surface area contributed by atoms with Gasteiger partial charge in [-0.1, -0.05) is 6.07 Å². The molecule has 0 aromatic heterocycles. The molecule has 10 heteroatoms. The molecule has 0 unspecified atom stereocenters. The zero-order chi connectivity index (χ0) is 25.4. The van der Waals surface area contributed by atoms with Crippen LogP contribution in [0.15, 0.2) is 60.7 Å². The topological polar surface area (TPSA) is 124 Å². The number of nitrogens with one attached hydrogen (secondary N) is 3. The fourth-order valence-corrected chi connectivity index (χ4v) is 3.17. The zero-order valence-electron chi connectivity index (χ0n) is 19.6. The Balaban J connectivity index is 1.66. The lowest BCUT2D eigenvalue weighted by Crippen LogP contribution is -2.34. The Morgan fingerprint density at radius 1 is 0.629 bits per heavy atom. The van der Waals surface area contributed by atoms with Gasteiger partial charge in [0.05, 0.1) is 28.4 Å². The van der Waals surface area contributed by atoms with Gasteiger partial charge in [0, 0.05) is 22.5 Å². The van der Waals surface area contributed by atoms with Crippen molar-refractivity contribution in [3.8, 4) is 23.0 Å². The number of amides is 4. The summed E-state index contributed by atoms with van der Waals surface area (Å²) in [6, 6.07) is 15.2. The molecular formula is C25H25N3O7. The number of hydrogen-bond donors (Lipinski definition) is 3. The Kier molecular flexibility index (Phi) is 8.12. The monoisotopic (exact) mass is 479 g/mol. The van der Waals surface area contributed by atoms with Gasteiger partial charge in [-0.3, -0.25) is 14.9 Å². The predicted molar refractivity (Wildman–Crippen MR) is 130 cm³/mol. The summed E-state index contributed by atoms with van der Waals surface area (Å²) >= 11 is 0. The lowest BCUT2D eigenvalue weighted by molar-refractivity contribution is 0.0965. The molecule has 0 saturated heterocycles. The number of carbonyl (C=O) groups is 3. The summed E-state index contributed by atoms with van der Waals surface area (Å²) in [5.41, 5.74) is 1.40. The Morgan fingerprint density at radius 3 is 1.77 bits per heavy atom. The van der Waals surface area contributed by atoms with Crippen LogP contribution in [0.3, 0.4) is 0 Å². The summed E-state index contributed by atoms with van der Waals surface area (Å²) in [4.78, 5) is 37.5. The van der Waals surface area contributed by atoms with Crippen LogP contribution < -0.4 is 34.9 Å². The summed E-state index contributed by atoms with van der Waals surface area (Å²) in [6.07, 6.45) is 0. The van der Waals surface area contributed by atoms with Crippen molar-refractivity contribution in [1.29, 1.82) is 0 Å². The Morgan fingerprint density at radius 2 is 1.23 bits per heavy atom. The molecule has 4 amide bonds. The van der Waals surface area contributed by atoms with Crippen LogP contribution in [0.5, 0.6) is 23.0 Å². The molecule has 0 saturated carbocycles. The van der Waals surface area contributed by atoms with Crippen LogP contribution in [0, 0.1) is 0 Å². The van der Waals surface area contributed by atoms with Crippen LogP contribution in [-0.2, 0) is 0 Å². The minimum atomic E-state index is -0.762. The summed E-state index contributed by atoms with van der Waals surface area (Å²) in [6.45, 7) is 0. The Bertz CT molecular complexity index is 1200. The Labute approximate surface area is 202 Å². The van der Waals surface area contributed by atoms with Gasteiger partial charge in [0.25, 0.3) is 11.8 Å². The molecule has 0 spiro atoms. The minimum Gasteiger partial charge on any atom is -0.497 e. The molecule has 10 nitrogen and oxygen atoms in total. The van der Waals surface area contributed by atoms with Gasteiger partial charge in [-0.25, -0.2) is 4.79 Å². The smallest absolute Gasteiger partial charge is 0.326 e. The number of hydrogen-bond acceptors (Lipinski definition) is 7. The van der Waals surface area contributed by atoms with E-state index in [-0.39, 0.29) is 23.0 Å². The van der Waals surface area contributed by atoms with E-state index in [0.717, 1.165) is 0 Å². The van der Waals surface area contributed by atoms with Gasteiger partial charge in [0.2, 0.25) is 5.75 Å². The van der Waals surface area contributed by atoms with Crippen LogP contribution in [-0.4, -0.2) is 46.3 Å². The van der Waals surface area contributed by atoms with E-state index >= 15 is 0 Å². The van der Waals surface area contributed by atoms with Crippen molar-refractivity contribution in [1.82, 2.24) is 5.32 Å². The number of benzene rings is 3. The van der Waals surface area contributed by atoms with E-state index < -0.39 is 11.9 Å². The highest BCUT2D eigenvalue weighted by Gasteiger charge is 2.18. The summed E-state index contributed by atoms with van der Waals surface area (Å²) in [5, 5.41) is 7.56. The van der Waals surface area contributed by atoms with E-state index in [1.54, 1.807) is 55.6 Å². The number of imide groups is 1. The molecule has 35 heavy (non-hydrogen) atoms. The van der Waals surface area contributed by atoms with Crippen molar-refractivity contribution in [2.24, 2.45) is 0 Å². The average Bonchev–Trinajstić information content (AvgIpc) is 2.87. The van der Waals surface area contributed by atoms with E-state index in [0.29, 0.717) is 28.4 Å². The molecular weight excluding hydrogens is 454 g/mol. The maximum absolute atomic E-state index is 12.6. The molecule has 3 N–H and O–H groups in total. The third kappa shape index (κ3) is 6.20. The number of anilines is 2. The largest absolute Gasteiger partial charge is 0.497 e. The van der Waals surface area contributed by atoms with Crippen LogP contribution >= 0.6 is 0 Å². The number of carbonyl (C=O) groups excluding carboxylic acids is 3. The lowest BCUT2D eigenvalue weighted by Gasteiger charge is -2.14. The van der Waals surface area contributed by atoms with Crippen LogP contribution in [0.2, 0.25) is 0 Å². The van der Waals surface area contributed by atoms with Crippen molar-refractivity contribution in [3.63, 3.8) is 0 Å². The average molecular weight is 479 g/mol. The second-order valence-corrected chi connectivity index (χ2v) is 7.09. The molecule has 0 fully saturated rings. The van der Waals surface area contributed by atoms with Crippen LogP contribution in [0.4, 0.5) is 16.2 Å². The molecule has 0 aliphatic rings. The van der Waals surface area contributed by atoms with E-state index in [9.17, 15) is 14.4 Å². The molecule has 3 aromatic carbocycles. The fraction of sp³-hybridized carbons (Fsp3) is 0.160. The standard InChI is InChI=1S/C25H25N3O7/c1-32-19-10-8-15(9-11-19)23(29)26-17-6-5-7-18(14-17)27-25(31)28-24(30)16-12-20(33-2)22(35-4)21(13-16)34-3/h5-14H,1-4H3,(H,26,29)(H2,27,28,30,31). The summed E-state index contributed by atoms with van der Waals surface area (Å²) in [7, 11) is 5.83. The van der Waals surface area contributed by atoms with Crippen LogP contribution in [0.25, 0.3) is 0 Å². The second kappa shape index (κ2) is 11.4. The third-order valence-corrected chi connectivity index (χ3v) is 4.88. The van der Waals surface area contributed by atoms with Gasteiger partial charge >= 0.3 is 6.03 Å². The maximum Gasteiger partial charge on any atom is 0.326 e. The second-order valence-electron chi connectivity index (χ2n) is 7.09. The van der Waals surface area contributed by atoms with Gasteiger partial charge in [0.15, 0.2) is 11.5 Å². The molecule has 0 bridgehead atoms. The first-order valence-electron chi connectivity index (χ1n) is 10.4. The first kappa shape index (κ1) is 24.9. The highest BCUT2D eigenvalue weighted by Crippen LogP contribution is 2.38. The van der Waals surface area contributed by atoms with E-state index in [1.165, 1.54) is 33.5 Å². The molecule has 3 aromatic rings. The SMILES string of the molecule is COc1ccc(C(=O)Nc2cccc(NC(=O)NC(=O)c3cc(OC)c(OC)c(OC)c3)c2)cc1. The molecule has 0 aliphatic carbocycles. The maximum atomic E-state index is 12.6. The van der Waals surface area contributed by atoms with Gasteiger partial charge < -0.3 is 29.6 Å². The molecule has 0 atom stereocenters. The van der Waals surface area contributed by atoms with Crippen LogP contribution in [0.1, 0.15) is 20.7 Å². The number of ether oxygens (including phenoxy) is 4. The first-order valence-corrected chi connectivity index (χ1v) is 10.4. The first-order chi connectivity index (χ1) is 16.9. The van der Waals surface area contributed by atoms with E-state index in [2.05, 4.69) is 16.0 Å². The van der Waals surface area contributed by atoms with Crippen molar-refractivity contribution >= 4 is 29.2 Å². The minimum absolute atomic E-state index is 0.134. The molecule has 182 valence electrons. The molecule has 0 radical (unpaired) electrons. The fourth-order valence-electron chi connectivity index (χ4n) is 3.17. The van der Waals surface area contributed by atoms with Crippen molar-refractivity contribution in [2.75, 3.05) is 39.1 Å². The molecule has 0 aliphatic heterocycles. The Hall–Kier alpha value is -4.73. The predicted octanol–water partition coefficient (Wildman–Crippen LogP) is 3.94. The quantitative estimate of drug-likeness (QED) is 0.447. The van der Waals surface area contributed by atoms with E-state index in [4.69, 9.17) is 18.9 Å². The molecule has 3 rings (SSSR count). The van der Waals surface area contributed by atoms with Gasteiger partial charge in [-0.15, -0.1) is 0 Å². The number of methoxy groups -OCH3 is 4. The summed E-state index contributed by atoms with van der Waals surface area (Å²) < 4.78 is 20.8.